The maximum atomic E-state index is 5.48. The Kier molecular flexibility index (Phi) is 5.01. The minimum absolute atomic E-state index is 0.722. The fraction of sp³-hybridized carbons (Fsp3) is 0.455. The minimum atomic E-state index is 0.722. The molecule has 0 bridgehead atoms. The summed E-state index contributed by atoms with van der Waals surface area (Å²) in [7, 11) is 2.09. The second-order valence-corrected chi connectivity index (χ2v) is 4.25. The van der Waals surface area contributed by atoms with E-state index in [2.05, 4.69) is 42.5 Å². The van der Waals surface area contributed by atoms with Crippen LogP contribution in [0.2, 0.25) is 0 Å². The van der Waals surface area contributed by atoms with Gasteiger partial charge in [-0.15, -0.1) is 11.8 Å². The van der Waals surface area contributed by atoms with E-state index >= 15 is 0 Å². The van der Waals surface area contributed by atoms with Crippen molar-refractivity contribution in [3.63, 3.8) is 0 Å². The highest BCUT2D eigenvalue weighted by Crippen LogP contribution is 2.15. The van der Waals surface area contributed by atoms with Crippen LogP contribution >= 0.6 is 11.8 Å². The van der Waals surface area contributed by atoms with Gasteiger partial charge in [-0.3, -0.25) is 0 Å². The van der Waals surface area contributed by atoms with E-state index in [4.69, 9.17) is 5.73 Å². The van der Waals surface area contributed by atoms with E-state index in [-0.39, 0.29) is 0 Å². The monoisotopic (exact) mass is 210 g/mol. The van der Waals surface area contributed by atoms with Gasteiger partial charge in [0.1, 0.15) is 0 Å². The molecule has 2 nitrogen and oxygen atoms in total. The van der Waals surface area contributed by atoms with Crippen molar-refractivity contribution in [1.29, 1.82) is 0 Å². The molecule has 1 rings (SSSR count). The van der Waals surface area contributed by atoms with E-state index < -0.39 is 0 Å². The Balaban J connectivity index is 2.50. The van der Waals surface area contributed by atoms with Crippen molar-refractivity contribution >= 4 is 11.8 Å². The summed E-state index contributed by atoms with van der Waals surface area (Å²) in [6.45, 7) is 2.65. The Morgan fingerprint density at radius 3 is 2.43 bits per heavy atom. The molecule has 0 aliphatic carbocycles. The van der Waals surface area contributed by atoms with Crippen molar-refractivity contribution in [1.82, 2.24) is 4.90 Å². The normalized spacial score (nSPS) is 10.9. The van der Waals surface area contributed by atoms with Gasteiger partial charge < -0.3 is 10.6 Å². The van der Waals surface area contributed by atoms with E-state index in [9.17, 15) is 0 Å². The topological polar surface area (TPSA) is 29.3 Å². The standard InChI is InChI=1S/C11H18N2S/c1-13(8-7-12)9-10-3-5-11(14-2)6-4-10/h3-6H,7-9,12H2,1-2H3. The lowest BCUT2D eigenvalue weighted by atomic mass is 10.2. The van der Waals surface area contributed by atoms with Crippen LogP contribution in [0.3, 0.4) is 0 Å². The van der Waals surface area contributed by atoms with Gasteiger partial charge in [0.2, 0.25) is 0 Å². The molecule has 14 heavy (non-hydrogen) atoms. The van der Waals surface area contributed by atoms with Crippen LogP contribution in [0.1, 0.15) is 5.56 Å². The fourth-order valence-corrected chi connectivity index (χ4v) is 1.75. The molecular formula is C11H18N2S. The molecule has 0 unspecified atom stereocenters. The van der Waals surface area contributed by atoms with Crippen molar-refractivity contribution in [3.8, 4) is 0 Å². The zero-order valence-electron chi connectivity index (χ0n) is 8.86. The van der Waals surface area contributed by atoms with E-state index in [1.54, 1.807) is 11.8 Å². The molecule has 0 aliphatic heterocycles. The number of rotatable bonds is 5. The Hall–Kier alpha value is -0.510. The Bertz CT molecular complexity index is 258. The minimum Gasteiger partial charge on any atom is -0.329 e. The predicted octanol–water partition coefficient (Wildman–Crippen LogP) is 1.80. The van der Waals surface area contributed by atoms with Gasteiger partial charge in [0.05, 0.1) is 0 Å². The summed E-state index contributed by atoms with van der Waals surface area (Å²) in [6, 6.07) is 8.68. The van der Waals surface area contributed by atoms with Gasteiger partial charge >= 0.3 is 0 Å². The lowest BCUT2D eigenvalue weighted by Crippen LogP contribution is -2.24. The van der Waals surface area contributed by atoms with Crippen LogP contribution in [0.15, 0.2) is 29.2 Å². The number of hydrogen-bond acceptors (Lipinski definition) is 3. The quantitative estimate of drug-likeness (QED) is 0.751. The maximum Gasteiger partial charge on any atom is 0.0231 e. The number of hydrogen-bond donors (Lipinski definition) is 1. The number of nitrogens with two attached hydrogens (primary N) is 1. The summed E-state index contributed by atoms with van der Waals surface area (Å²) in [5.41, 5.74) is 6.83. The van der Waals surface area contributed by atoms with Crippen molar-refractivity contribution in [2.24, 2.45) is 5.73 Å². The number of thioether (sulfide) groups is 1. The number of benzene rings is 1. The van der Waals surface area contributed by atoms with Crippen LogP contribution < -0.4 is 5.73 Å². The van der Waals surface area contributed by atoms with Crippen LogP contribution in [0.5, 0.6) is 0 Å². The molecule has 1 aromatic carbocycles. The highest BCUT2D eigenvalue weighted by molar-refractivity contribution is 7.98. The zero-order chi connectivity index (χ0) is 10.4. The first-order valence-corrected chi connectivity index (χ1v) is 6.00. The third kappa shape index (κ3) is 3.70. The van der Waals surface area contributed by atoms with Crippen LogP contribution in [0.25, 0.3) is 0 Å². The summed E-state index contributed by atoms with van der Waals surface area (Å²) < 4.78 is 0. The van der Waals surface area contributed by atoms with Gasteiger partial charge in [0.15, 0.2) is 0 Å². The molecule has 0 aromatic heterocycles. The molecule has 0 heterocycles. The zero-order valence-corrected chi connectivity index (χ0v) is 9.68. The molecule has 0 saturated carbocycles. The molecule has 78 valence electrons. The highest BCUT2D eigenvalue weighted by Gasteiger charge is 1.98. The Morgan fingerprint density at radius 2 is 1.93 bits per heavy atom. The van der Waals surface area contributed by atoms with Gasteiger partial charge in [-0.05, 0) is 31.0 Å². The molecule has 0 aliphatic rings. The van der Waals surface area contributed by atoms with E-state index in [1.807, 2.05) is 0 Å². The molecular weight excluding hydrogens is 192 g/mol. The predicted molar refractivity (Wildman–Crippen MR) is 63.6 cm³/mol. The van der Waals surface area contributed by atoms with Crippen LogP contribution in [-0.4, -0.2) is 31.3 Å². The molecule has 0 radical (unpaired) electrons. The van der Waals surface area contributed by atoms with Crippen LogP contribution in [-0.2, 0) is 6.54 Å². The SMILES string of the molecule is CSc1ccc(CN(C)CCN)cc1. The van der Waals surface area contributed by atoms with Gasteiger partial charge in [0, 0.05) is 24.5 Å². The lowest BCUT2D eigenvalue weighted by molar-refractivity contribution is 0.336. The summed E-state index contributed by atoms with van der Waals surface area (Å²) in [4.78, 5) is 3.55. The van der Waals surface area contributed by atoms with E-state index in [0.29, 0.717) is 0 Å². The van der Waals surface area contributed by atoms with Crippen molar-refractivity contribution in [2.75, 3.05) is 26.4 Å². The largest absolute Gasteiger partial charge is 0.329 e. The summed E-state index contributed by atoms with van der Waals surface area (Å²) >= 11 is 1.77. The summed E-state index contributed by atoms with van der Waals surface area (Å²) in [6.07, 6.45) is 2.09. The molecule has 0 saturated heterocycles. The van der Waals surface area contributed by atoms with Crippen molar-refractivity contribution in [2.45, 2.75) is 11.4 Å². The molecule has 0 atom stereocenters. The number of nitrogens with zero attached hydrogens (tertiary/aromatic N) is 1. The second-order valence-electron chi connectivity index (χ2n) is 3.37. The molecule has 0 fully saturated rings. The van der Waals surface area contributed by atoms with Crippen molar-refractivity contribution < 1.29 is 0 Å². The first-order valence-electron chi connectivity index (χ1n) is 4.78. The fourth-order valence-electron chi connectivity index (χ4n) is 1.34. The lowest BCUT2D eigenvalue weighted by Gasteiger charge is -2.15. The molecule has 0 amide bonds. The van der Waals surface area contributed by atoms with Gasteiger partial charge in [-0.2, -0.15) is 0 Å². The number of likely N-dealkylation sites (N-methyl/N-ethyl adjacent to an activating group) is 1. The summed E-state index contributed by atoms with van der Waals surface area (Å²) in [5.74, 6) is 0. The van der Waals surface area contributed by atoms with Crippen LogP contribution in [0, 0.1) is 0 Å². The van der Waals surface area contributed by atoms with Gasteiger partial charge in [-0.25, -0.2) is 0 Å². The third-order valence-electron chi connectivity index (χ3n) is 2.12. The Labute approximate surface area is 90.5 Å². The molecule has 0 spiro atoms. The van der Waals surface area contributed by atoms with E-state index in [1.165, 1.54) is 10.5 Å². The first-order chi connectivity index (χ1) is 6.76. The smallest absolute Gasteiger partial charge is 0.0231 e. The average molecular weight is 210 g/mol. The molecule has 2 N–H and O–H groups in total. The average Bonchev–Trinajstić information content (AvgIpc) is 2.19. The van der Waals surface area contributed by atoms with E-state index in [0.717, 1.165) is 19.6 Å². The van der Waals surface area contributed by atoms with Crippen molar-refractivity contribution in [3.05, 3.63) is 29.8 Å². The third-order valence-corrected chi connectivity index (χ3v) is 2.87. The highest BCUT2D eigenvalue weighted by atomic mass is 32.2. The molecule has 1 aromatic rings. The maximum absolute atomic E-state index is 5.48. The van der Waals surface area contributed by atoms with Crippen LogP contribution in [0.4, 0.5) is 0 Å². The second kappa shape index (κ2) is 6.06. The first kappa shape index (κ1) is 11.6. The van der Waals surface area contributed by atoms with Gasteiger partial charge in [-0.1, -0.05) is 12.1 Å². The Morgan fingerprint density at radius 1 is 1.29 bits per heavy atom. The summed E-state index contributed by atoms with van der Waals surface area (Å²) in [5, 5.41) is 0. The molecule has 3 heteroatoms. The van der Waals surface area contributed by atoms with Gasteiger partial charge in [0.25, 0.3) is 0 Å².